The molecule has 0 bridgehead atoms. The van der Waals surface area contributed by atoms with E-state index in [4.69, 9.17) is 5.73 Å². The van der Waals surface area contributed by atoms with E-state index < -0.39 is 17.5 Å². The van der Waals surface area contributed by atoms with E-state index in [2.05, 4.69) is 0 Å². The van der Waals surface area contributed by atoms with Crippen LogP contribution in [0.1, 0.15) is 23.7 Å². The highest BCUT2D eigenvalue weighted by Gasteiger charge is 2.20. The zero-order valence-electron chi connectivity index (χ0n) is 11.6. The Morgan fingerprint density at radius 2 is 1.95 bits per heavy atom. The maximum atomic E-state index is 13.8. The van der Waals surface area contributed by atoms with Crippen molar-refractivity contribution in [2.75, 3.05) is 17.2 Å². The van der Waals surface area contributed by atoms with Gasteiger partial charge in [-0.05, 0) is 36.8 Å². The predicted molar refractivity (Wildman–Crippen MR) is 79.2 cm³/mol. The summed E-state index contributed by atoms with van der Waals surface area (Å²) in [5.74, 6) is -2.10. The summed E-state index contributed by atoms with van der Waals surface area (Å²) in [6.07, 6.45) is 0.698. The van der Waals surface area contributed by atoms with Crippen molar-refractivity contribution in [2.45, 2.75) is 13.3 Å². The van der Waals surface area contributed by atoms with Crippen LogP contribution in [-0.2, 0) is 0 Å². The lowest BCUT2D eigenvalue weighted by Crippen LogP contribution is -2.32. The maximum Gasteiger partial charge on any atom is 0.261 e. The van der Waals surface area contributed by atoms with Crippen LogP contribution in [0.5, 0.6) is 0 Å². The number of carbonyl (C=O) groups is 1. The fraction of sp³-hybridized carbons (Fsp3) is 0.188. The number of hydrogen-bond acceptors (Lipinski definition) is 2. The maximum absolute atomic E-state index is 13.8. The van der Waals surface area contributed by atoms with E-state index in [9.17, 15) is 13.6 Å². The fourth-order valence-corrected chi connectivity index (χ4v) is 2.07. The molecule has 0 heterocycles. The Morgan fingerprint density at radius 3 is 2.57 bits per heavy atom. The number of rotatable bonds is 4. The Bertz CT molecular complexity index is 658. The Morgan fingerprint density at radius 1 is 1.19 bits per heavy atom. The van der Waals surface area contributed by atoms with E-state index in [-0.39, 0.29) is 5.56 Å². The lowest BCUT2D eigenvalue weighted by atomic mass is 10.1. The minimum atomic E-state index is -0.870. The first-order valence-electron chi connectivity index (χ1n) is 6.65. The van der Waals surface area contributed by atoms with E-state index in [1.807, 2.05) is 6.92 Å². The highest BCUT2D eigenvalue weighted by atomic mass is 19.1. The smallest absolute Gasteiger partial charge is 0.261 e. The lowest BCUT2D eigenvalue weighted by molar-refractivity contribution is 0.0983. The highest BCUT2D eigenvalue weighted by Crippen LogP contribution is 2.21. The number of amides is 1. The molecule has 0 unspecified atom stereocenters. The molecule has 2 N–H and O–H groups in total. The minimum Gasteiger partial charge on any atom is -0.399 e. The number of nitrogens with two attached hydrogens (primary N) is 1. The van der Waals surface area contributed by atoms with Crippen molar-refractivity contribution in [1.29, 1.82) is 0 Å². The number of nitrogens with zero attached hydrogens (tertiary/aromatic N) is 1. The average molecular weight is 290 g/mol. The number of anilines is 2. The van der Waals surface area contributed by atoms with E-state index in [1.54, 1.807) is 24.3 Å². The second kappa shape index (κ2) is 6.35. The molecule has 3 nitrogen and oxygen atoms in total. The Balaban J connectivity index is 2.40. The molecule has 0 spiro atoms. The standard InChI is InChI=1S/C16H16F2N2O/c1-2-8-20(13-5-3-4-12(19)10-13)16(21)14-7-6-11(17)9-15(14)18/h3-7,9-10H,2,8,19H2,1H3. The molecule has 0 aromatic heterocycles. The molecule has 0 aliphatic rings. The first-order chi connectivity index (χ1) is 10.0. The molecule has 5 heteroatoms. The second-order valence-electron chi connectivity index (χ2n) is 4.68. The minimum absolute atomic E-state index is 0.160. The van der Waals surface area contributed by atoms with Gasteiger partial charge in [0.25, 0.3) is 5.91 Å². The topological polar surface area (TPSA) is 46.3 Å². The fourth-order valence-electron chi connectivity index (χ4n) is 2.07. The molecule has 2 rings (SSSR count). The van der Waals surface area contributed by atoms with Crippen LogP contribution in [0.3, 0.4) is 0 Å². The summed E-state index contributed by atoms with van der Waals surface area (Å²) in [6.45, 7) is 2.33. The SMILES string of the molecule is CCCN(C(=O)c1ccc(F)cc1F)c1cccc(N)c1. The van der Waals surface area contributed by atoms with Gasteiger partial charge >= 0.3 is 0 Å². The van der Waals surface area contributed by atoms with E-state index in [1.165, 1.54) is 4.90 Å². The number of carbonyl (C=O) groups excluding carboxylic acids is 1. The van der Waals surface area contributed by atoms with Crippen LogP contribution >= 0.6 is 0 Å². The highest BCUT2D eigenvalue weighted by molar-refractivity contribution is 6.06. The predicted octanol–water partition coefficient (Wildman–Crippen LogP) is 3.60. The molecule has 21 heavy (non-hydrogen) atoms. The van der Waals surface area contributed by atoms with Gasteiger partial charge in [0.05, 0.1) is 5.56 Å². The third-order valence-corrected chi connectivity index (χ3v) is 3.04. The first kappa shape index (κ1) is 15.0. The Hall–Kier alpha value is -2.43. The van der Waals surface area contributed by atoms with E-state index >= 15 is 0 Å². The van der Waals surface area contributed by atoms with Gasteiger partial charge in [-0.25, -0.2) is 8.78 Å². The second-order valence-corrected chi connectivity index (χ2v) is 4.68. The van der Waals surface area contributed by atoms with Gasteiger partial charge in [0.2, 0.25) is 0 Å². The van der Waals surface area contributed by atoms with E-state index in [0.29, 0.717) is 30.4 Å². The molecule has 0 aliphatic carbocycles. The molecule has 0 saturated carbocycles. The van der Waals surface area contributed by atoms with Crippen molar-refractivity contribution >= 4 is 17.3 Å². The van der Waals surface area contributed by atoms with Crippen LogP contribution in [0.4, 0.5) is 20.2 Å². The molecule has 2 aromatic rings. The molecule has 0 fully saturated rings. The van der Waals surface area contributed by atoms with Crippen molar-refractivity contribution < 1.29 is 13.6 Å². The third-order valence-electron chi connectivity index (χ3n) is 3.04. The first-order valence-corrected chi connectivity index (χ1v) is 6.65. The van der Waals surface area contributed by atoms with Gasteiger partial charge in [-0.15, -0.1) is 0 Å². The third kappa shape index (κ3) is 3.37. The number of nitrogen functional groups attached to an aromatic ring is 1. The molecule has 0 aliphatic heterocycles. The van der Waals surface area contributed by atoms with Crippen LogP contribution in [0.2, 0.25) is 0 Å². The molecule has 0 saturated heterocycles. The van der Waals surface area contributed by atoms with Crippen LogP contribution in [-0.4, -0.2) is 12.5 Å². The van der Waals surface area contributed by atoms with Crippen LogP contribution in [0.25, 0.3) is 0 Å². The van der Waals surface area contributed by atoms with Gasteiger partial charge < -0.3 is 10.6 Å². The van der Waals surface area contributed by atoms with Crippen molar-refractivity contribution in [1.82, 2.24) is 0 Å². The van der Waals surface area contributed by atoms with Crippen molar-refractivity contribution in [3.05, 3.63) is 59.7 Å². The molecule has 110 valence electrons. The largest absolute Gasteiger partial charge is 0.399 e. The molecule has 0 atom stereocenters. The van der Waals surface area contributed by atoms with Crippen molar-refractivity contribution in [2.24, 2.45) is 0 Å². The van der Waals surface area contributed by atoms with Gasteiger partial charge in [-0.3, -0.25) is 4.79 Å². The number of benzene rings is 2. The number of halogens is 2. The Kier molecular flexibility index (Phi) is 4.52. The molecule has 0 radical (unpaired) electrons. The molecular formula is C16H16F2N2O. The normalized spacial score (nSPS) is 10.4. The zero-order chi connectivity index (χ0) is 15.4. The van der Waals surface area contributed by atoms with Crippen molar-refractivity contribution in [3.63, 3.8) is 0 Å². The lowest BCUT2D eigenvalue weighted by Gasteiger charge is -2.23. The summed E-state index contributed by atoms with van der Waals surface area (Å²) in [5.41, 5.74) is 6.66. The van der Waals surface area contributed by atoms with Crippen LogP contribution in [0.15, 0.2) is 42.5 Å². The van der Waals surface area contributed by atoms with Crippen LogP contribution < -0.4 is 10.6 Å². The van der Waals surface area contributed by atoms with Gasteiger partial charge in [-0.2, -0.15) is 0 Å². The van der Waals surface area contributed by atoms with Gasteiger partial charge in [-0.1, -0.05) is 13.0 Å². The summed E-state index contributed by atoms with van der Waals surface area (Å²) >= 11 is 0. The van der Waals surface area contributed by atoms with Gasteiger partial charge in [0.1, 0.15) is 11.6 Å². The monoisotopic (exact) mass is 290 g/mol. The summed E-state index contributed by atoms with van der Waals surface area (Å²) < 4.78 is 26.7. The molecular weight excluding hydrogens is 274 g/mol. The summed E-state index contributed by atoms with van der Waals surface area (Å²) in [4.78, 5) is 13.9. The Labute approximate surface area is 122 Å². The number of hydrogen-bond donors (Lipinski definition) is 1. The average Bonchev–Trinajstić information content (AvgIpc) is 2.44. The summed E-state index contributed by atoms with van der Waals surface area (Å²) in [7, 11) is 0. The van der Waals surface area contributed by atoms with Crippen LogP contribution in [0, 0.1) is 11.6 Å². The van der Waals surface area contributed by atoms with Gasteiger partial charge in [0, 0.05) is 24.0 Å². The quantitative estimate of drug-likeness (QED) is 0.874. The van der Waals surface area contributed by atoms with E-state index in [0.717, 1.165) is 12.1 Å². The molecule has 1 amide bonds. The summed E-state index contributed by atoms with van der Waals surface area (Å²) in [6, 6.07) is 9.73. The summed E-state index contributed by atoms with van der Waals surface area (Å²) in [5, 5.41) is 0. The van der Waals surface area contributed by atoms with Gasteiger partial charge in [0.15, 0.2) is 0 Å². The van der Waals surface area contributed by atoms with Crippen molar-refractivity contribution in [3.8, 4) is 0 Å². The molecule has 2 aromatic carbocycles. The zero-order valence-corrected chi connectivity index (χ0v) is 11.6.